The molecule has 0 unspecified atom stereocenters. The van der Waals surface area contributed by atoms with E-state index < -0.39 is 0 Å². The van der Waals surface area contributed by atoms with Gasteiger partial charge in [0.1, 0.15) is 6.61 Å². The number of ether oxygens (including phenoxy) is 2. The molecular formula is C19H24N2O3. The zero-order chi connectivity index (χ0) is 16.9. The standard InChI is InChI=1S/C19H24N2O3/c1-3-4-8-20-9-11-21(12-10-20)19(22)16-13-15-6-5-7-17(23-2)18(15)24-14-16/h1,5-7,16H,4,8-14H2,2H3/t16-/m1/s1. The van der Waals surface area contributed by atoms with Crippen LogP contribution in [0, 0.1) is 18.3 Å². The number of carbonyl (C=O) groups is 1. The van der Waals surface area contributed by atoms with E-state index in [1.807, 2.05) is 23.1 Å². The smallest absolute Gasteiger partial charge is 0.229 e. The first-order valence-electron chi connectivity index (χ1n) is 8.46. The number of hydrogen-bond acceptors (Lipinski definition) is 4. The highest BCUT2D eigenvalue weighted by molar-refractivity contribution is 5.80. The molecule has 1 aromatic carbocycles. The van der Waals surface area contributed by atoms with Crippen molar-refractivity contribution in [2.75, 3.05) is 46.4 Å². The van der Waals surface area contributed by atoms with Gasteiger partial charge in [-0.05, 0) is 18.1 Å². The van der Waals surface area contributed by atoms with Gasteiger partial charge in [0.05, 0.1) is 13.0 Å². The van der Waals surface area contributed by atoms with Crippen molar-refractivity contribution in [1.29, 1.82) is 0 Å². The minimum atomic E-state index is -0.109. The Morgan fingerprint density at radius 1 is 1.38 bits per heavy atom. The van der Waals surface area contributed by atoms with Crippen molar-refractivity contribution in [2.24, 2.45) is 5.92 Å². The molecule has 2 aliphatic heterocycles. The Balaban J connectivity index is 1.58. The predicted molar refractivity (Wildman–Crippen MR) is 92.2 cm³/mol. The molecule has 1 amide bonds. The summed E-state index contributed by atoms with van der Waals surface area (Å²) in [6.45, 7) is 4.66. The molecule has 0 bridgehead atoms. The largest absolute Gasteiger partial charge is 0.493 e. The lowest BCUT2D eigenvalue weighted by Gasteiger charge is -2.37. The molecule has 1 saturated heterocycles. The number of methoxy groups -OCH3 is 1. The van der Waals surface area contributed by atoms with Gasteiger partial charge < -0.3 is 14.4 Å². The van der Waals surface area contributed by atoms with Gasteiger partial charge in [-0.1, -0.05) is 12.1 Å². The summed E-state index contributed by atoms with van der Waals surface area (Å²) in [6.07, 6.45) is 6.79. The van der Waals surface area contributed by atoms with E-state index in [1.54, 1.807) is 7.11 Å². The maximum Gasteiger partial charge on any atom is 0.229 e. The Morgan fingerprint density at radius 3 is 2.88 bits per heavy atom. The van der Waals surface area contributed by atoms with Crippen molar-refractivity contribution in [1.82, 2.24) is 9.80 Å². The number of nitrogens with zero attached hydrogens (tertiary/aromatic N) is 2. The number of carbonyl (C=O) groups excluding carboxylic acids is 1. The molecule has 24 heavy (non-hydrogen) atoms. The van der Waals surface area contributed by atoms with Crippen LogP contribution in [-0.4, -0.2) is 62.1 Å². The Morgan fingerprint density at radius 2 is 2.17 bits per heavy atom. The maximum absolute atomic E-state index is 12.8. The third-order valence-electron chi connectivity index (χ3n) is 4.78. The number of terminal acetylenes is 1. The first kappa shape index (κ1) is 16.7. The third-order valence-corrected chi connectivity index (χ3v) is 4.78. The van der Waals surface area contributed by atoms with Crippen molar-refractivity contribution in [3.05, 3.63) is 23.8 Å². The molecule has 1 fully saturated rings. The van der Waals surface area contributed by atoms with Crippen molar-refractivity contribution in [3.63, 3.8) is 0 Å². The summed E-state index contributed by atoms with van der Waals surface area (Å²) in [6, 6.07) is 5.84. The fraction of sp³-hybridized carbons (Fsp3) is 0.526. The van der Waals surface area contributed by atoms with Gasteiger partial charge in [0.15, 0.2) is 11.5 Å². The van der Waals surface area contributed by atoms with E-state index in [9.17, 15) is 4.79 Å². The van der Waals surface area contributed by atoms with Gasteiger partial charge in [0.2, 0.25) is 5.91 Å². The van der Waals surface area contributed by atoms with Crippen molar-refractivity contribution in [3.8, 4) is 23.8 Å². The van der Waals surface area contributed by atoms with Gasteiger partial charge in [-0.3, -0.25) is 9.69 Å². The summed E-state index contributed by atoms with van der Waals surface area (Å²) in [5.41, 5.74) is 1.05. The first-order valence-corrected chi connectivity index (χ1v) is 8.46. The molecule has 0 radical (unpaired) electrons. The molecule has 5 nitrogen and oxygen atoms in total. The van der Waals surface area contributed by atoms with Crippen molar-refractivity contribution >= 4 is 5.91 Å². The van der Waals surface area contributed by atoms with Gasteiger partial charge >= 0.3 is 0 Å². The summed E-state index contributed by atoms with van der Waals surface area (Å²) in [7, 11) is 1.63. The van der Waals surface area contributed by atoms with E-state index in [0.717, 1.165) is 56.2 Å². The summed E-state index contributed by atoms with van der Waals surface area (Å²) in [5.74, 6) is 4.27. The highest BCUT2D eigenvalue weighted by Crippen LogP contribution is 2.36. The van der Waals surface area contributed by atoms with E-state index >= 15 is 0 Å². The first-order chi connectivity index (χ1) is 11.7. The molecular weight excluding hydrogens is 304 g/mol. The molecule has 0 spiro atoms. The molecule has 1 atom stereocenters. The highest BCUT2D eigenvalue weighted by Gasteiger charge is 2.32. The second-order valence-corrected chi connectivity index (χ2v) is 6.28. The van der Waals surface area contributed by atoms with Crippen LogP contribution in [-0.2, 0) is 11.2 Å². The molecule has 0 aromatic heterocycles. The van der Waals surface area contributed by atoms with Gasteiger partial charge in [-0.25, -0.2) is 0 Å². The normalized spacial score (nSPS) is 20.7. The Labute approximate surface area is 143 Å². The molecule has 0 saturated carbocycles. The molecule has 3 rings (SSSR count). The summed E-state index contributed by atoms with van der Waals surface area (Å²) in [4.78, 5) is 17.1. The Hall–Kier alpha value is -2.19. The summed E-state index contributed by atoms with van der Waals surface area (Å²) < 4.78 is 11.2. The summed E-state index contributed by atoms with van der Waals surface area (Å²) in [5, 5.41) is 0. The Bertz CT molecular complexity index is 630. The predicted octanol–water partition coefficient (Wildman–Crippen LogP) is 1.41. The van der Waals surface area contributed by atoms with Crippen LogP contribution in [0.25, 0.3) is 0 Å². The van der Waals surface area contributed by atoms with Crippen LogP contribution in [0.2, 0.25) is 0 Å². The van der Waals surface area contributed by atoms with Crippen LogP contribution in [0.3, 0.4) is 0 Å². The van der Waals surface area contributed by atoms with Crippen LogP contribution in [0.5, 0.6) is 11.5 Å². The molecule has 128 valence electrons. The zero-order valence-electron chi connectivity index (χ0n) is 14.2. The van der Waals surface area contributed by atoms with Gasteiger partial charge in [0.25, 0.3) is 0 Å². The Kier molecular flexibility index (Phi) is 5.27. The lowest BCUT2D eigenvalue weighted by Crippen LogP contribution is -2.51. The number of rotatable bonds is 4. The van der Waals surface area contributed by atoms with Gasteiger partial charge in [-0.2, -0.15) is 0 Å². The SMILES string of the molecule is C#CCCN1CCN(C(=O)[C@H]2COc3c(cccc3OC)C2)CC1. The maximum atomic E-state index is 12.8. The molecule has 0 N–H and O–H groups in total. The monoisotopic (exact) mass is 328 g/mol. The number of hydrogen-bond donors (Lipinski definition) is 0. The van der Waals surface area contributed by atoms with E-state index in [1.165, 1.54) is 0 Å². The fourth-order valence-electron chi connectivity index (χ4n) is 3.39. The third kappa shape index (κ3) is 3.49. The summed E-state index contributed by atoms with van der Waals surface area (Å²) >= 11 is 0. The number of amides is 1. The van der Waals surface area contributed by atoms with Crippen LogP contribution in [0.4, 0.5) is 0 Å². The van der Waals surface area contributed by atoms with E-state index in [0.29, 0.717) is 13.0 Å². The molecule has 2 aliphatic rings. The van der Waals surface area contributed by atoms with Crippen molar-refractivity contribution < 1.29 is 14.3 Å². The van der Waals surface area contributed by atoms with E-state index in [-0.39, 0.29) is 11.8 Å². The minimum absolute atomic E-state index is 0.109. The highest BCUT2D eigenvalue weighted by atomic mass is 16.5. The average molecular weight is 328 g/mol. The number of para-hydroxylation sites is 1. The average Bonchev–Trinajstić information content (AvgIpc) is 2.65. The van der Waals surface area contributed by atoms with Crippen molar-refractivity contribution in [2.45, 2.75) is 12.8 Å². The lowest BCUT2D eigenvalue weighted by atomic mass is 9.95. The minimum Gasteiger partial charge on any atom is -0.493 e. The molecule has 0 aliphatic carbocycles. The van der Waals surface area contributed by atoms with Gasteiger partial charge in [-0.15, -0.1) is 12.3 Å². The second-order valence-electron chi connectivity index (χ2n) is 6.28. The van der Waals surface area contributed by atoms with Crippen LogP contribution >= 0.6 is 0 Å². The van der Waals surface area contributed by atoms with Crippen LogP contribution in [0.15, 0.2) is 18.2 Å². The molecule has 1 aromatic rings. The second kappa shape index (κ2) is 7.59. The molecule has 5 heteroatoms. The molecule has 2 heterocycles. The fourth-order valence-corrected chi connectivity index (χ4v) is 3.39. The quantitative estimate of drug-likeness (QED) is 0.784. The van der Waals surface area contributed by atoms with E-state index in [2.05, 4.69) is 10.8 Å². The number of fused-ring (bicyclic) bond motifs is 1. The van der Waals surface area contributed by atoms with Crippen LogP contribution < -0.4 is 9.47 Å². The number of piperazine rings is 1. The van der Waals surface area contributed by atoms with E-state index in [4.69, 9.17) is 15.9 Å². The topological polar surface area (TPSA) is 42.0 Å². The van der Waals surface area contributed by atoms with Crippen LogP contribution in [0.1, 0.15) is 12.0 Å². The van der Waals surface area contributed by atoms with Gasteiger partial charge in [0, 0.05) is 39.1 Å². The number of benzene rings is 1. The zero-order valence-corrected chi connectivity index (χ0v) is 14.2. The lowest BCUT2D eigenvalue weighted by molar-refractivity contribution is -0.138.